The molecule has 4 unspecified atom stereocenters. The van der Waals surface area contributed by atoms with Gasteiger partial charge in [-0.1, -0.05) is 201 Å². The molecule has 284 valence electrons. The highest BCUT2D eigenvalue weighted by Gasteiger charge is 2.54. The normalized spacial score (nSPS) is 20.6. The first-order chi connectivity index (χ1) is 23.7. The van der Waals surface area contributed by atoms with E-state index >= 15 is 0 Å². The van der Waals surface area contributed by atoms with Crippen molar-refractivity contribution >= 4 is 5.97 Å². The summed E-state index contributed by atoms with van der Waals surface area (Å²) in [4.78, 5) is 12.1. The molecule has 2 aliphatic heterocycles. The molecule has 0 spiro atoms. The van der Waals surface area contributed by atoms with E-state index in [1.807, 2.05) is 0 Å². The molecule has 0 aromatic rings. The first kappa shape index (κ1) is 43.6. The first-order valence-corrected chi connectivity index (χ1v) is 22.2. The number of rotatable bonds is 38. The molecule has 2 saturated heterocycles. The molecule has 0 aromatic heterocycles. The highest BCUT2D eigenvalue weighted by molar-refractivity contribution is 5.69. The Bertz CT molecular complexity index is 680. The second-order valence-corrected chi connectivity index (χ2v) is 15.8. The molecule has 4 heteroatoms. The van der Waals surface area contributed by atoms with Gasteiger partial charge in [0, 0.05) is 12.3 Å². The summed E-state index contributed by atoms with van der Waals surface area (Å²) in [6, 6.07) is 0. The summed E-state index contributed by atoms with van der Waals surface area (Å²) in [7, 11) is 0. The zero-order valence-electron chi connectivity index (χ0n) is 32.8. The number of carbonyl (C=O) groups excluding carboxylic acids is 1. The average Bonchev–Trinajstić information content (AvgIpc) is 4.03. The lowest BCUT2D eigenvalue weighted by Gasteiger charge is -2.13. The molecule has 0 N–H and O–H groups in total. The lowest BCUT2D eigenvalue weighted by Crippen LogP contribution is -2.19. The molecule has 0 bridgehead atoms. The lowest BCUT2D eigenvalue weighted by atomic mass is 9.89. The van der Waals surface area contributed by atoms with Crippen molar-refractivity contribution in [3.63, 3.8) is 0 Å². The third kappa shape index (κ3) is 23.7. The second kappa shape index (κ2) is 31.2. The molecular formula is C44H84O4. The Balaban J connectivity index is 1.45. The summed E-state index contributed by atoms with van der Waals surface area (Å²) >= 11 is 0. The number of hydrogen-bond acceptors (Lipinski definition) is 4. The maximum Gasteiger partial charge on any atom is 0.305 e. The van der Waals surface area contributed by atoms with Crippen molar-refractivity contribution in [3.05, 3.63) is 0 Å². The van der Waals surface area contributed by atoms with Crippen molar-refractivity contribution < 1.29 is 19.0 Å². The summed E-state index contributed by atoms with van der Waals surface area (Å²) < 4.78 is 18.1. The van der Waals surface area contributed by atoms with Crippen molar-refractivity contribution in [2.45, 2.75) is 263 Å². The molecule has 0 saturated carbocycles. The van der Waals surface area contributed by atoms with Crippen LogP contribution in [0.1, 0.15) is 239 Å². The molecule has 48 heavy (non-hydrogen) atoms. The molecular weight excluding hydrogens is 592 g/mol. The van der Waals surface area contributed by atoms with Gasteiger partial charge in [0.1, 0.15) is 0 Å². The van der Waals surface area contributed by atoms with Crippen LogP contribution in [0.3, 0.4) is 0 Å². The molecule has 0 radical (unpaired) electrons. The Morgan fingerprint density at radius 2 is 0.812 bits per heavy atom. The van der Waals surface area contributed by atoms with Gasteiger partial charge in [0.05, 0.1) is 31.0 Å². The smallest absolute Gasteiger partial charge is 0.305 e. The van der Waals surface area contributed by atoms with Gasteiger partial charge in [-0.05, 0) is 32.1 Å². The SMILES string of the molecule is CCCCCCCCCCCCOC(=O)CCCCCCCCCCC(C1OC1CCCCCCCC)C1OC1CCCCCCCC. The van der Waals surface area contributed by atoms with Crippen LogP contribution in [0.2, 0.25) is 0 Å². The largest absolute Gasteiger partial charge is 0.466 e. The van der Waals surface area contributed by atoms with Crippen LogP contribution < -0.4 is 0 Å². The van der Waals surface area contributed by atoms with E-state index in [1.54, 1.807) is 0 Å². The molecule has 0 amide bonds. The number of hydrogen-bond donors (Lipinski definition) is 0. The Labute approximate surface area is 300 Å². The average molecular weight is 677 g/mol. The Morgan fingerprint density at radius 3 is 1.25 bits per heavy atom. The maximum atomic E-state index is 12.1. The van der Waals surface area contributed by atoms with Gasteiger partial charge in [-0.3, -0.25) is 4.79 Å². The lowest BCUT2D eigenvalue weighted by molar-refractivity contribution is -0.143. The summed E-state index contributed by atoms with van der Waals surface area (Å²) in [5.41, 5.74) is 0. The van der Waals surface area contributed by atoms with E-state index in [9.17, 15) is 4.79 Å². The van der Waals surface area contributed by atoms with Crippen molar-refractivity contribution in [1.82, 2.24) is 0 Å². The highest BCUT2D eigenvalue weighted by atomic mass is 16.6. The van der Waals surface area contributed by atoms with Gasteiger partial charge >= 0.3 is 5.97 Å². The number of epoxide rings is 2. The Morgan fingerprint density at radius 1 is 0.458 bits per heavy atom. The van der Waals surface area contributed by atoms with Gasteiger partial charge in [-0.25, -0.2) is 0 Å². The van der Waals surface area contributed by atoms with Gasteiger partial charge in [0.25, 0.3) is 0 Å². The van der Waals surface area contributed by atoms with Gasteiger partial charge < -0.3 is 14.2 Å². The third-order valence-electron chi connectivity index (χ3n) is 11.2. The number of carbonyl (C=O) groups is 1. The molecule has 2 aliphatic rings. The Kier molecular flexibility index (Phi) is 28.3. The zero-order valence-corrected chi connectivity index (χ0v) is 32.8. The monoisotopic (exact) mass is 677 g/mol. The summed E-state index contributed by atoms with van der Waals surface area (Å²) in [5.74, 6) is 0.647. The van der Waals surface area contributed by atoms with E-state index in [-0.39, 0.29) is 5.97 Å². The van der Waals surface area contributed by atoms with Crippen molar-refractivity contribution in [2.75, 3.05) is 6.61 Å². The molecule has 2 heterocycles. The van der Waals surface area contributed by atoms with Crippen LogP contribution in [-0.4, -0.2) is 37.0 Å². The van der Waals surface area contributed by atoms with Crippen LogP contribution in [0.15, 0.2) is 0 Å². The van der Waals surface area contributed by atoms with Crippen molar-refractivity contribution in [1.29, 1.82) is 0 Å². The highest BCUT2D eigenvalue weighted by Crippen LogP contribution is 2.45. The van der Waals surface area contributed by atoms with Gasteiger partial charge in [-0.15, -0.1) is 0 Å². The minimum Gasteiger partial charge on any atom is -0.466 e. The quantitative estimate of drug-likeness (QED) is 0.0371. The van der Waals surface area contributed by atoms with Crippen LogP contribution in [0.4, 0.5) is 0 Å². The van der Waals surface area contributed by atoms with Crippen LogP contribution >= 0.6 is 0 Å². The van der Waals surface area contributed by atoms with E-state index in [0.29, 0.717) is 43.4 Å². The summed E-state index contributed by atoms with van der Waals surface area (Å²) in [6.45, 7) is 7.49. The van der Waals surface area contributed by atoms with Gasteiger partial charge in [-0.2, -0.15) is 0 Å². The number of ether oxygens (including phenoxy) is 3. The van der Waals surface area contributed by atoms with Crippen LogP contribution in [0.5, 0.6) is 0 Å². The van der Waals surface area contributed by atoms with Gasteiger partial charge in [0.15, 0.2) is 0 Å². The summed E-state index contributed by atoms with van der Waals surface area (Å²) in [5, 5.41) is 0. The third-order valence-corrected chi connectivity index (χ3v) is 11.2. The molecule has 4 atom stereocenters. The molecule has 2 fully saturated rings. The van der Waals surface area contributed by atoms with Crippen LogP contribution in [-0.2, 0) is 19.0 Å². The maximum absolute atomic E-state index is 12.1. The first-order valence-electron chi connectivity index (χ1n) is 22.2. The topological polar surface area (TPSA) is 51.4 Å². The van der Waals surface area contributed by atoms with E-state index in [4.69, 9.17) is 14.2 Å². The van der Waals surface area contributed by atoms with E-state index in [2.05, 4.69) is 20.8 Å². The number of esters is 1. The minimum absolute atomic E-state index is 0.0168. The molecule has 0 aliphatic carbocycles. The summed E-state index contributed by atoms with van der Waals surface area (Å²) in [6.07, 6.45) is 46.0. The van der Waals surface area contributed by atoms with E-state index in [0.717, 1.165) is 19.3 Å². The standard InChI is InChI=1S/C44H84O4/c1-4-7-10-13-16-17-20-23-28-33-38-46-42(45)37-32-27-22-19-18-21-24-29-34-39(43-40(47-43)35-30-25-14-11-8-5-2)44-41(48-44)36-31-26-15-12-9-6-3/h39-41,43-44H,4-38H2,1-3H3. The van der Waals surface area contributed by atoms with Crippen molar-refractivity contribution in [2.24, 2.45) is 5.92 Å². The second-order valence-electron chi connectivity index (χ2n) is 15.8. The predicted octanol–water partition coefficient (Wildman–Crippen LogP) is 14.0. The van der Waals surface area contributed by atoms with Crippen molar-refractivity contribution in [3.8, 4) is 0 Å². The predicted molar refractivity (Wildman–Crippen MR) is 206 cm³/mol. The fourth-order valence-corrected chi connectivity index (χ4v) is 7.86. The van der Waals surface area contributed by atoms with Crippen LogP contribution in [0, 0.1) is 5.92 Å². The Hall–Kier alpha value is -0.610. The van der Waals surface area contributed by atoms with Crippen LogP contribution in [0.25, 0.3) is 0 Å². The molecule has 4 nitrogen and oxygen atoms in total. The van der Waals surface area contributed by atoms with E-state index in [1.165, 1.54) is 193 Å². The molecule has 2 rings (SSSR count). The molecule has 0 aromatic carbocycles. The van der Waals surface area contributed by atoms with Gasteiger partial charge in [0.2, 0.25) is 0 Å². The number of unbranched alkanes of at least 4 members (excludes halogenated alkanes) is 26. The minimum atomic E-state index is 0.0168. The fourth-order valence-electron chi connectivity index (χ4n) is 7.86. The zero-order chi connectivity index (χ0) is 34.3. The fraction of sp³-hybridized carbons (Fsp3) is 0.977. The van der Waals surface area contributed by atoms with E-state index < -0.39 is 0 Å².